The lowest BCUT2D eigenvalue weighted by Crippen LogP contribution is -2.24. The van der Waals surface area contributed by atoms with Crippen molar-refractivity contribution in [2.24, 2.45) is 5.92 Å². The average molecular weight is 264 g/mol. The van der Waals surface area contributed by atoms with Crippen LogP contribution in [0, 0.1) is 5.92 Å². The molecule has 3 nitrogen and oxygen atoms in total. The maximum absolute atomic E-state index is 11.7. The summed E-state index contributed by atoms with van der Waals surface area (Å²) < 4.78 is 0. The molecule has 0 fully saturated rings. The van der Waals surface area contributed by atoms with E-state index in [1.807, 2.05) is 37.4 Å². The molecule has 0 spiro atoms. The first-order valence-corrected chi connectivity index (χ1v) is 7.13. The first kappa shape index (κ1) is 14.6. The van der Waals surface area contributed by atoms with Crippen LogP contribution in [-0.4, -0.2) is 12.3 Å². The zero-order chi connectivity index (χ0) is 13.5. The smallest absolute Gasteiger partial charge is 0.314 e. The fourth-order valence-electron chi connectivity index (χ4n) is 1.21. The summed E-state index contributed by atoms with van der Waals surface area (Å²) in [7, 11) is 0. The van der Waals surface area contributed by atoms with Gasteiger partial charge in [-0.05, 0) is 37.3 Å². The van der Waals surface area contributed by atoms with E-state index in [-0.39, 0.29) is 6.03 Å². The monoisotopic (exact) mass is 264 g/mol. The van der Waals surface area contributed by atoms with Gasteiger partial charge in [-0.25, -0.2) is 4.79 Å². The van der Waals surface area contributed by atoms with Gasteiger partial charge in [0.25, 0.3) is 0 Å². The molecular weight excluding hydrogens is 244 g/mol. The van der Waals surface area contributed by atoms with Crippen LogP contribution in [-0.2, 0) is 0 Å². The van der Waals surface area contributed by atoms with E-state index in [2.05, 4.69) is 24.5 Å². The first-order valence-electron chi connectivity index (χ1n) is 5.91. The van der Waals surface area contributed by atoms with E-state index in [1.165, 1.54) is 0 Å². The molecule has 2 amide bonds. The molecule has 0 aliphatic rings. The molecule has 0 aliphatic carbocycles. The number of thioether (sulfide) groups is 1. The molecule has 0 aliphatic heterocycles. The van der Waals surface area contributed by atoms with Gasteiger partial charge in [0, 0.05) is 16.8 Å². The second-order valence-corrected chi connectivity index (χ2v) is 5.25. The number of hydrogen-bond donors (Lipinski definition) is 2. The minimum atomic E-state index is -0.215. The summed E-state index contributed by atoms with van der Waals surface area (Å²) in [5.74, 6) is 0.435. The number of benzene rings is 1. The highest BCUT2D eigenvalue weighted by atomic mass is 32.2. The van der Waals surface area contributed by atoms with Gasteiger partial charge in [0.1, 0.15) is 0 Å². The number of urea groups is 1. The Bertz CT molecular complexity index is 441. The third-order valence-electron chi connectivity index (χ3n) is 2.67. The summed E-state index contributed by atoms with van der Waals surface area (Å²) in [6.07, 6.45) is 3.76. The zero-order valence-corrected chi connectivity index (χ0v) is 12.1. The van der Waals surface area contributed by atoms with Gasteiger partial charge in [0.15, 0.2) is 0 Å². The molecule has 0 unspecified atom stereocenters. The van der Waals surface area contributed by atoms with Crippen molar-refractivity contribution >= 4 is 23.5 Å². The topological polar surface area (TPSA) is 41.1 Å². The number of hydrogen-bond acceptors (Lipinski definition) is 2. The lowest BCUT2D eigenvalue weighted by Gasteiger charge is -2.08. The van der Waals surface area contributed by atoms with E-state index in [0.717, 1.165) is 16.2 Å². The summed E-state index contributed by atoms with van der Waals surface area (Å²) >= 11 is 1.65. The van der Waals surface area contributed by atoms with Gasteiger partial charge in [-0.15, -0.1) is 11.8 Å². The predicted octanol–water partition coefficient (Wildman–Crippen LogP) is 4.09. The van der Waals surface area contributed by atoms with Crippen molar-refractivity contribution in [3.63, 3.8) is 0 Å². The third-order valence-corrected chi connectivity index (χ3v) is 3.39. The maximum atomic E-state index is 11.7. The van der Waals surface area contributed by atoms with Crippen LogP contribution in [0.4, 0.5) is 10.5 Å². The van der Waals surface area contributed by atoms with Crippen molar-refractivity contribution in [3.8, 4) is 0 Å². The normalized spacial score (nSPS) is 11.5. The number of carbonyl (C=O) groups is 1. The molecule has 0 saturated carbocycles. The van der Waals surface area contributed by atoms with Crippen molar-refractivity contribution in [1.82, 2.24) is 5.32 Å². The summed E-state index contributed by atoms with van der Waals surface area (Å²) in [6.45, 7) is 6.18. The first-order chi connectivity index (χ1) is 8.52. The van der Waals surface area contributed by atoms with Gasteiger partial charge in [-0.2, -0.15) is 0 Å². The van der Waals surface area contributed by atoms with E-state index < -0.39 is 0 Å². The summed E-state index contributed by atoms with van der Waals surface area (Å²) in [5, 5.41) is 5.53. The second kappa shape index (κ2) is 7.11. The Balaban J connectivity index is 2.57. The average Bonchev–Trinajstić information content (AvgIpc) is 2.36. The number of rotatable bonds is 4. The van der Waals surface area contributed by atoms with E-state index in [1.54, 1.807) is 18.0 Å². The Morgan fingerprint density at radius 1 is 1.39 bits per heavy atom. The van der Waals surface area contributed by atoms with Crippen molar-refractivity contribution in [2.75, 3.05) is 11.6 Å². The molecule has 0 heterocycles. The summed E-state index contributed by atoms with van der Waals surface area (Å²) in [4.78, 5) is 12.8. The lowest BCUT2D eigenvalue weighted by molar-refractivity contribution is 0.255. The van der Waals surface area contributed by atoms with Crippen LogP contribution in [0.5, 0.6) is 0 Å². The predicted molar refractivity (Wildman–Crippen MR) is 79.0 cm³/mol. The highest BCUT2D eigenvalue weighted by Gasteiger charge is 2.01. The van der Waals surface area contributed by atoms with Crippen LogP contribution in [0.2, 0.25) is 0 Å². The molecule has 2 N–H and O–H groups in total. The molecule has 98 valence electrons. The molecular formula is C14H20N2OS. The van der Waals surface area contributed by atoms with Gasteiger partial charge in [-0.1, -0.05) is 25.5 Å². The van der Waals surface area contributed by atoms with Crippen LogP contribution in [0.25, 0.3) is 0 Å². The molecule has 0 aromatic heterocycles. The van der Waals surface area contributed by atoms with E-state index >= 15 is 0 Å². The molecule has 1 aromatic rings. The molecule has 4 heteroatoms. The van der Waals surface area contributed by atoms with Crippen molar-refractivity contribution in [1.29, 1.82) is 0 Å². The SMILES string of the molecule is CSc1cccc(NC(=O)N/C=C(\C)C(C)C)c1. The van der Waals surface area contributed by atoms with Crippen LogP contribution in [0.3, 0.4) is 0 Å². The largest absolute Gasteiger partial charge is 0.323 e. The fraction of sp³-hybridized carbons (Fsp3) is 0.357. The zero-order valence-electron chi connectivity index (χ0n) is 11.3. The Kier molecular flexibility index (Phi) is 5.78. The Morgan fingerprint density at radius 3 is 2.72 bits per heavy atom. The van der Waals surface area contributed by atoms with Crippen molar-refractivity contribution in [2.45, 2.75) is 25.7 Å². The molecule has 0 atom stereocenters. The fourth-order valence-corrected chi connectivity index (χ4v) is 1.67. The van der Waals surface area contributed by atoms with Gasteiger partial charge < -0.3 is 10.6 Å². The molecule has 18 heavy (non-hydrogen) atoms. The molecule has 0 saturated heterocycles. The van der Waals surface area contributed by atoms with E-state index in [9.17, 15) is 4.79 Å². The highest BCUT2D eigenvalue weighted by Crippen LogP contribution is 2.18. The quantitative estimate of drug-likeness (QED) is 0.804. The standard InChI is InChI=1S/C14H20N2OS/c1-10(2)11(3)9-15-14(17)16-12-6-5-7-13(8-12)18-4/h5-10H,1-4H3,(H2,15,16,17)/b11-9+. The van der Waals surface area contributed by atoms with Gasteiger partial charge >= 0.3 is 6.03 Å². The van der Waals surface area contributed by atoms with Gasteiger partial charge in [0.2, 0.25) is 0 Å². The van der Waals surface area contributed by atoms with Gasteiger partial charge in [-0.3, -0.25) is 0 Å². The molecule has 0 radical (unpaired) electrons. The molecule has 1 aromatic carbocycles. The maximum Gasteiger partial charge on any atom is 0.323 e. The van der Waals surface area contributed by atoms with Crippen molar-refractivity contribution < 1.29 is 4.79 Å². The minimum absolute atomic E-state index is 0.215. The Labute approximate surface area is 113 Å². The lowest BCUT2D eigenvalue weighted by atomic mass is 10.1. The van der Waals surface area contributed by atoms with Gasteiger partial charge in [0.05, 0.1) is 0 Å². The number of amides is 2. The van der Waals surface area contributed by atoms with E-state index in [0.29, 0.717) is 5.92 Å². The Morgan fingerprint density at radius 2 is 2.11 bits per heavy atom. The minimum Gasteiger partial charge on any atom is -0.314 e. The number of allylic oxidation sites excluding steroid dienone is 1. The number of carbonyl (C=O) groups excluding carboxylic acids is 1. The molecule has 1 rings (SSSR count). The summed E-state index contributed by atoms with van der Waals surface area (Å²) in [6, 6.07) is 7.54. The van der Waals surface area contributed by atoms with Crippen LogP contribution in [0.1, 0.15) is 20.8 Å². The highest BCUT2D eigenvalue weighted by molar-refractivity contribution is 7.98. The van der Waals surface area contributed by atoms with Crippen LogP contribution in [0.15, 0.2) is 40.9 Å². The molecule has 0 bridgehead atoms. The van der Waals surface area contributed by atoms with E-state index in [4.69, 9.17) is 0 Å². The summed E-state index contributed by atoms with van der Waals surface area (Å²) in [5.41, 5.74) is 1.94. The van der Waals surface area contributed by atoms with Crippen LogP contribution >= 0.6 is 11.8 Å². The number of nitrogens with one attached hydrogen (secondary N) is 2. The Hall–Kier alpha value is -1.42. The second-order valence-electron chi connectivity index (χ2n) is 4.37. The van der Waals surface area contributed by atoms with Crippen LogP contribution < -0.4 is 10.6 Å². The number of anilines is 1. The third kappa shape index (κ3) is 4.84. The van der Waals surface area contributed by atoms with Crippen molar-refractivity contribution in [3.05, 3.63) is 36.0 Å².